The number of aryl methyl sites for hydroxylation is 4. The van der Waals surface area contributed by atoms with Gasteiger partial charge in [-0.05, 0) is 90.4 Å². The third kappa shape index (κ3) is 7.76. The Morgan fingerprint density at radius 2 is 1.33 bits per heavy atom. The maximum atomic E-state index is 15.2. The molecule has 0 aromatic heterocycles. The average molecular weight is 547 g/mol. The number of alkyl halides is 3. The highest BCUT2D eigenvalue weighted by Crippen LogP contribution is 2.26. The number of rotatable bonds is 11. The van der Waals surface area contributed by atoms with Gasteiger partial charge in [0.05, 0.1) is 0 Å². The van der Waals surface area contributed by atoms with Crippen LogP contribution < -0.4 is 4.74 Å². The average Bonchev–Trinajstić information content (AvgIpc) is 2.88. The maximum absolute atomic E-state index is 15.2. The smallest absolute Gasteiger partial charge is 0.406 e. The third-order valence-corrected chi connectivity index (χ3v) is 6.62. The van der Waals surface area contributed by atoms with Gasteiger partial charge in [-0.25, -0.2) is 13.2 Å². The van der Waals surface area contributed by atoms with Gasteiger partial charge in [0.15, 0.2) is 0 Å². The molecule has 0 aliphatic rings. The van der Waals surface area contributed by atoms with E-state index in [0.717, 1.165) is 11.1 Å². The molecular formula is C31H28F6O2. The Labute approximate surface area is 223 Å². The molecule has 0 aliphatic heterocycles. The zero-order chi connectivity index (χ0) is 28.0. The van der Waals surface area contributed by atoms with E-state index in [-0.39, 0.29) is 23.6 Å². The molecule has 0 fully saturated rings. The molecule has 2 nitrogen and oxygen atoms in total. The molecule has 0 radical (unpaired) electrons. The molecule has 0 N–H and O–H groups in total. The van der Waals surface area contributed by atoms with Crippen LogP contribution in [0.4, 0.5) is 26.3 Å². The molecule has 8 heteroatoms. The number of fused-ring (bicyclic) bond motifs is 1. The highest BCUT2D eigenvalue weighted by molar-refractivity contribution is 5.84. The molecule has 0 bridgehead atoms. The topological polar surface area (TPSA) is 18.5 Å². The van der Waals surface area contributed by atoms with Crippen molar-refractivity contribution < 1.29 is 35.8 Å². The summed E-state index contributed by atoms with van der Waals surface area (Å²) in [5.74, 6) is -1.81. The van der Waals surface area contributed by atoms with E-state index in [9.17, 15) is 22.0 Å². The summed E-state index contributed by atoms with van der Waals surface area (Å²) in [5, 5.41) is 1.11. The van der Waals surface area contributed by atoms with Gasteiger partial charge in [0.2, 0.25) is 0 Å². The predicted octanol–water partition coefficient (Wildman–Crippen LogP) is 8.31. The maximum Gasteiger partial charge on any atom is 0.573 e. The molecule has 0 spiro atoms. The van der Waals surface area contributed by atoms with Crippen molar-refractivity contribution in [2.75, 3.05) is 13.7 Å². The minimum absolute atomic E-state index is 0.0325. The van der Waals surface area contributed by atoms with Crippen LogP contribution >= 0.6 is 0 Å². The van der Waals surface area contributed by atoms with Crippen molar-refractivity contribution in [3.63, 3.8) is 0 Å². The first-order valence-corrected chi connectivity index (χ1v) is 12.6. The van der Waals surface area contributed by atoms with Crippen LogP contribution in [0.5, 0.6) is 5.75 Å². The number of hydrogen-bond donors (Lipinski definition) is 0. The Bertz CT molecular complexity index is 1390. The van der Waals surface area contributed by atoms with Crippen molar-refractivity contribution in [1.82, 2.24) is 0 Å². The van der Waals surface area contributed by atoms with Crippen molar-refractivity contribution in [3.05, 3.63) is 112 Å². The van der Waals surface area contributed by atoms with E-state index in [1.807, 2.05) is 6.07 Å². The highest BCUT2D eigenvalue weighted by Gasteiger charge is 2.30. The van der Waals surface area contributed by atoms with Crippen LogP contribution in [0.2, 0.25) is 0 Å². The molecular weight excluding hydrogens is 518 g/mol. The first kappa shape index (κ1) is 28.5. The molecule has 4 aromatic carbocycles. The van der Waals surface area contributed by atoms with E-state index in [0.29, 0.717) is 60.6 Å². The van der Waals surface area contributed by atoms with Gasteiger partial charge in [-0.15, -0.1) is 13.2 Å². The van der Waals surface area contributed by atoms with Crippen LogP contribution in [0.1, 0.15) is 34.2 Å². The number of benzene rings is 4. The predicted molar refractivity (Wildman–Crippen MR) is 138 cm³/mol. The molecule has 0 amide bonds. The molecule has 0 atom stereocenters. The van der Waals surface area contributed by atoms with Gasteiger partial charge < -0.3 is 9.47 Å². The molecule has 0 saturated heterocycles. The number of hydrogen-bond acceptors (Lipinski definition) is 2. The molecule has 206 valence electrons. The van der Waals surface area contributed by atoms with Gasteiger partial charge in [-0.2, -0.15) is 0 Å². The molecule has 0 saturated carbocycles. The van der Waals surface area contributed by atoms with Crippen LogP contribution in [0.3, 0.4) is 0 Å². The number of methoxy groups -OCH3 is 1. The minimum Gasteiger partial charge on any atom is -0.406 e. The summed E-state index contributed by atoms with van der Waals surface area (Å²) < 4.78 is 90.2. The second-order valence-corrected chi connectivity index (χ2v) is 9.42. The molecule has 0 heterocycles. The first-order valence-electron chi connectivity index (χ1n) is 12.6. The highest BCUT2D eigenvalue weighted by atomic mass is 19.4. The van der Waals surface area contributed by atoms with E-state index in [2.05, 4.69) is 4.74 Å². The van der Waals surface area contributed by atoms with Gasteiger partial charge in [0, 0.05) is 24.7 Å². The van der Waals surface area contributed by atoms with E-state index in [1.54, 1.807) is 31.4 Å². The molecule has 0 unspecified atom stereocenters. The Hall–Kier alpha value is -3.52. The normalized spacial score (nSPS) is 11.8. The Kier molecular flexibility index (Phi) is 9.17. The van der Waals surface area contributed by atoms with Crippen molar-refractivity contribution in [3.8, 4) is 5.75 Å². The van der Waals surface area contributed by atoms with Crippen LogP contribution in [0.25, 0.3) is 10.8 Å². The zero-order valence-corrected chi connectivity index (χ0v) is 21.4. The van der Waals surface area contributed by atoms with Crippen molar-refractivity contribution in [1.29, 1.82) is 0 Å². The fraction of sp³-hybridized carbons (Fsp3) is 0.290. The van der Waals surface area contributed by atoms with Crippen LogP contribution in [-0.4, -0.2) is 20.1 Å². The van der Waals surface area contributed by atoms with E-state index >= 15 is 4.39 Å². The summed E-state index contributed by atoms with van der Waals surface area (Å²) in [6.07, 6.45) is -2.17. The van der Waals surface area contributed by atoms with Crippen molar-refractivity contribution >= 4 is 10.8 Å². The van der Waals surface area contributed by atoms with E-state index in [4.69, 9.17) is 4.74 Å². The van der Waals surface area contributed by atoms with Gasteiger partial charge in [-0.1, -0.05) is 42.5 Å². The second-order valence-electron chi connectivity index (χ2n) is 9.42. The molecule has 39 heavy (non-hydrogen) atoms. The first-order chi connectivity index (χ1) is 18.6. The fourth-order valence-corrected chi connectivity index (χ4v) is 4.60. The summed E-state index contributed by atoms with van der Waals surface area (Å²) in [4.78, 5) is 0. The lowest BCUT2D eigenvalue weighted by molar-refractivity contribution is -0.274. The zero-order valence-electron chi connectivity index (χ0n) is 21.4. The summed E-state index contributed by atoms with van der Waals surface area (Å²) in [6.45, 7) is 0.521. The third-order valence-electron chi connectivity index (χ3n) is 6.62. The van der Waals surface area contributed by atoms with Gasteiger partial charge in [-0.3, -0.25) is 0 Å². The van der Waals surface area contributed by atoms with Crippen LogP contribution in [0, 0.1) is 17.5 Å². The lowest BCUT2D eigenvalue weighted by Gasteiger charge is -2.11. The van der Waals surface area contributed by atoms with Crippen molar-refractivity contribution in [2.24, 2.45) is 0 Å². The quantitative estimate of drug-likeness (QED) is 0.139. The van der Waals surface area contributed by atoms with Crippen LogP contribution in [-0.2, 0) is 36.8 Å². The van der Waals surface area contributed by atoms with E-state index < -0.39 is 18.0 Å². The number of ether oxygens (including phenoxy) is 2. The second kappa shape index (κ2) is 12.6. The summed E-state index contributed by atoms with van der Waals surface area (Å²) in [5.41, 5.74) is 2.70. The van der Waals surface area contributed by atoms with Crippen LogP contribution in [0.15, 0.2) is 66.7 Å². The minimum atomic E-state index is -4.75. The van der Waals surface area contributed by atoms with Gasteiger partial charge in [0.25, 0.3) is 0 Å². The van der Waals surface area contributed by atoms with Gasteiger partial charge >= 0.3 is 6.36 Å². The van der Waals surface area contributed by atoms with Crippen molar-refractivity contribution in [2.45, 2.75) is 44.9 Å². The fourth-order valence-electron chi connectivity index (χ4n) is 4.60. The standard InChI is InChI=1S/C31H28F6O2/c1-38-16-2-3-22-18-28(32)27(29(33)19-22)15-8-21-7-14-26-24(17-21)11-10-23(30(26)34)9-4-20-5-12-25(13-6-20)39-31(35,36)37/h5-7,10-14,17-19H,2-4,8-9,15-16H2,1H3. The Morgan fingerprint density at radius 1 is 0.667 bits per heavy atom. The van der Waals surface area contributed by atoms with E-state index in [1.165, 1.54) is 36.4 Å². The molecule has 4 rings (SSSR count). The Morgan fingerprint density at radius 3 is 2.00 bits per heavy atom. The Balaban J connectivity index is 1.39. The summed E-state index contributed by atoms with van der Waals surface area (Å²) in [6, 6.07) is 17.0. The lowest BCUT2D eigenvalue weighted by Crippen LogP contribution is -2.17. The summed E-state index contributed by atoms with van der Waals surface area (Å²) in [7, 11) is 1.58. The van der Waals surface area contributed by atoms with Gasteiger partial charge in [0.1, 0.15) is 23.2 Å². The summed E-state index contributed by atoms with van der Waals surface area (Å²) >= 11 is 0. The monoisotopic (exact) mass is 546 g/mol. The molecule has 0 aliphatic carbocycles. The lowest BCUT2D eigenvalue weighted by atomic mass is 9.96. The molecule has 4 aromatic rings. The SMILES string of the molecule is COCCCc1cc(F)c(CCc2ccc3c(F)c(CCc4ccc(OC(F)(F)F)cc4)ccc3c2)c(F)c1. The number of halogens is 6. The largest absolute Gasteiger partial charge is 0.573 e.